The van der Waals surface area contributed by atoms with Crippen LogP contribution in [0.2, 0.25) is 0 Å². The topological polar surface area (TPSA) is 33.6 Å². The summed E-state index contributed by atoms with van der Waals surface area (Å²) in [5, 5.41) is 3.83. The predicted octanol–water partition coefficient (Wildman–Crippen LogP) is 8.46. The van der Waals surface area contributed by atoms with Crippen LogP contribution in [0, 0.1) is 19.8 Å². The Morgan fingerprint density at radius 2 is 1.68 bits per heavy atom. The molecule has 0 unspecified atom stereocenters. The summed E-state index contributed by atoms with van der Waals surface area (Å²) in [5.74, 6) is 1.86. The summed E-state index contributed by atoms with van der Waals surface area (Å²) in [6.07, 6.45) is 7.75. The van der Waals surface area contributed by atoms with E-state index < -0.39 is 0 Å². The number of nitrogens with one attached hydrogen (secondary N) is 1. The van der Waals surface area contributed by atoms with E-state index in [1.165, 1.54) is 27.9 Å². The maximum absolute atomic E-state index is 6.12. The molecule has 0 saturated heterocycles. The van der Waals surface area contributed by atoms with Gasteiger partial charge in [0.05, 0.1) is 11.7 Å². The van der Waals surface area contributed by atoms with Gasteiger partial charge in [0.15, 0.2) is 0 Å². The third kappa shape index (κ3) is 4.95. The number of hydrogen-bond donors (Lipinski definition) is 1. The van der Waals surface area contributed by atoms with Gasteiger partial charge in [-0.15, -0.1) is 0 Å². The van der Waals surface area contributed by atoms with E-state index in [-0.39, 0.29) is 0 Å². The minimum absolute atomic E-state index is 0.295. The number of ether oxygens (including phenoxy) is 1. The highest BCUT2D eigenvalue weighted by Gasteiger charge is 2.37. The van der Waals surface area contributed by atoms with Gasteiger partial charge in [0.25, 0.3) is 0 Å². The molecule has 0 spiro atoms. The van der Waals surface area contributed by atoms with Gasteiger partial charge in [0.2, 0.25) is 0 Å². The maximum atomic E-state index is 6.12. The molecule has 184 valence electrons. The molecule has 0 radical (unpaired) electrons. The SMILES string of the molecule is Cc1ccc(COc2ccccc2C=Nc2ccc([C@@H]3Nc4ccc(C)cc4[C@H]4C=CC[C@H]43)cc2)cc1. The zero-order valence-electron chi connectivity index (χ0n) is 21.4. The van der Waals surface area contributed by atoms with E-state index in [1.54, 1.807) is 0 Å². The van der Waals surface area contributed by atoms with Crippen LogP contribution in [0.4, 0.5) is 11.4 Å². The van der Waals surface area contributed by atoms with Crippen molar-refractivity contribution in [3.8, 4) is 5.75 Å². The van der Waals surface area contributed by atoms with Crippen LogP contribution in [0.5, 0.6) is 5.75 Å². The van der Waals surface area contributed by atoms with Crippen molar-refractivity contribution >= 4 is 17.6 Å². The largest absolute Gasteiger partial charge is 0.488 e. The van der Waals surface area contributed by atoms with Crippen LogP contribution >= 0.6 is 0 Å². The zero-order chi connectivity index (χ0) is 25.2. The maximum Gasteiger partial charge on any atom is 0.128 e. The van der Waals surface area contributed by atoms with Crippen LogP contribution in [0.1, 0.15) is 51.8 Å². The van der Waals surface area contributed by atoms with Crippen molar-refractivity contribution < 1.29 is 4.74 Å². The lowest BCUT2D eigenvalue weighted by molar-refractivity contribution is 0.306. The first-order valence-electron chi connectivity index (χ1n) is 13.1. The average Bonchev–Trinajstić information content (AvgIpc) is 3.43. The van der Waals surface area contributed by atoms with Crippen LogP contribution in [-0.2, 0) is 6.61 Å². The Morgan fingerprint density at radius 3 is 2.51 bits per heavy atom. The van der Waals surface area contributed by atoms with Gasteiger partial charge in [-0.2, -0.15) is 0 Å². The fraction of sp³-hybridized carbons (Fsp3) is 0.206. The number of allylic oxidation sites excluding steroid dienone is 2. The van der Waals surface area contributed by atoms with E-state index in [0.29, 0.717) is 24.5 Å². The number of fused-ring (bicyclic) bond motifs is 3. The molecule has 0 fully saturated rings. The molecule has 6 rings (SSSR count). The molecule has 4 aromatic rings. The van der Waals surface area contributed by atoms with Crippen molar-refractivity contribution in [3.05, 3.63) is 137 Å². The Kier molecular flexibility index (Phi) is 6.36. The van der Waals surface area contributed by atoms with Gasteiger partial charge in [0, 0.05) is 23.4 Å². The van der Waals surface area contributed by atoms with E-state index in [4.69, 9.17) is 9.73 Å². The molecule has 0 aromatic heterocycles. The summed E-state index contributed by atoms with van der Waals surface area (Å²) >= 11 is 0. The highest BCUT2D eigenvalue weighted by molar-refractivity contribution is 5.85. The highest BCUT2D eigenvalue weighted by atomic mass is 16.5. The van der Waals surface area contributed by atoms with Gasteiger partial charge in [-0.1, -0.05) is 83.9 Å². The van der Waals surface area contributed by atoms with Gasteiger partial charge in [-0.3, -0.25) is 4.99 Å². The predicted molar refractivity (Wildman–Crippen MR) is 153 cm³/mol. The van der Waals surface area contributed by atoms with Crippen LogP contribution in [0.15, 0.2) is 108 Å². The van der Waals surface area contributed by atoms with E-state index in [1.807, 2.05) is 30.5 Å². The Morgan fingerprint density at radius 1 is 0.892 bits per heavy atom. The van der Waals surface area contributed by atoms with E-state index in [2.05, 4.69) is 98.0 Å². The molecule has 1 aliphatic heterocycles. The number of nitrogens with zero attached hydrogens (tertiary/aromatic N) is 1. The number of anilines is 1. The number of aryl methyl sites for hydroxylation is 2. The normalized spacial score (nSPS) is 19.9. The van der Waals surface area contributed by atoms with Crippen LogP contribution in [0.3, 0.4) is 0 Å². The van der Waals surface area contributed by atoms with Crippen molar-refractivity contribution in [1.82, 2.24) is 0 Å². The smallest absolute Gasteiger partial charge is 0.128 e. The van der Waals surface area contributed by atoms with Crippen molar-refractivity contribution in [2.75, 3.05) is 5.32 Å². The fourth-order valence-corrected chi connectivity index (χ4v) is 5.52. The molecule has 1 N–H and O–H groups in total. The summed E-state index contributed by atoms with van der Waals surface area (Å²) in [4.78, 5) is 4.76. The highest BCUT2D eigenvalue weighted by Crippen LogP contribution is 2.50. The molecule has 0 saturated carbocycles. The minimum Gasteiger partial charge on any atom is -0.488 e. The van der Waals surface area contributed by atoms with E-state index in [0.717, 1.165) is 29.0 Å². The summed E-state index contributed by atoms with van der Waals surface area (Å²) in [6, 6.07) is 32.2. The first-order chi connectivity index (χ1) is 18.1. The third-order valence-electron chi connectivity index (χ3n) is 7.56. The second-order valence-corrected chi connectivity index (χ2v) is 10.2. The fourth-order valence-electron chi connectivity index (χ4n) is 5.52. The Bertz CT molecular complexity index is 1450. The van der Waals surface area contributed by atoms with Crippen molar-refractivity contribution in [3.63, 3.8) is 0 Å². The summed E-state index contributed by atoms with van der Waals surface area (Å²) < 4.78 is 6.12. The second kappa shape index (κ2) is 10.1. The lowest BCUT2D eigenvalue weighted by Gasteiger charge is -2.37. The lowest BCUT2D eigenvalue weighted by atomic mass is 9.76. The number of aliphatic imine (C=N–C) groups is 1. The molecule has 3 atom stereocenters. The number of benzene rings is 4. The summed E-state index contributed by atoms with van der Waals surface area (Å²) in [5.41, 5.74) is 9.63. The van der Waals surface area contributed by atoms with Gasteiger partial charge in [-0.05, 0) is 73.2 Å². The second-order valence-electron chi connectivity index (χ2n) is 10.2. The zero-order valence-corrected chi connectivity index (χ0v) is 21.4. The molecule has 3 heteroatoms. The van der Waals surface area contributed by atoms with Crippen molar-refractivity contribution in [2.45, 2.75) is 38.8 Å². The Labute approximate surface area is 219 Å². The Hall–Kier alpha value is -4.11. The molecule has 0 bridgehead atoms. The molecule has 1 heterocycles. The summed E-state index contributed by atoms with van der Waals surface area (Å²) in [6.45, 7) is 4.80. The molecule has 1 aliphatic carbocycles. The summed E-state index contributed by atoms with van der Waals surface area (Å²) in [7, 11) is 0. The van der Waals surface area contributed by atoms with Crippen LogP contribution < -0.4 is 10.1 Å². The number of hydrogen-bond acceptors (Lipinski definition) is 3. The molecular formula is C34H32N2O. The number of rotatable bonds is 6. The lowest BCUT2D eigenvalue weighted by Crippen LogP contribution is -2.29. The molecule has 4 aromatic carbocycles. The van der Waals surface area contributed by atoms with Gasteiger partial charge in [0.1, 0.15) is 12.4 Å². The van der Waals surface area contributed by atoms with Crippen LogP contribution in [-0.4, -0.2) is 6.21 Å². The molecule has 3 nitrogen and oxygen atoms in total. The Balaban J connectivity index is 1.17. The monoisotopic (exact) mass is 484 g/mol. The van der Waals surface area contributed by atoms with Gasteiger partial charge >= 0.3 is 0 Å². The number of para-hydroxylation sites is 1. The minimum atomic E-state index is 0.295. The third-order valence-corrected chi connectivity index (χ3v) is 7.56. The molecule has 2 aliphatic rings. The van der Waals surface area contributed by atoms with E-state index >= 15 is 0 Å². The van der Waals surface area contributed by atoms with E-state index in [9.17, 15) is 0 Å². The first-order valence-corrected chi connectivity index (χ1v) is 13.1. The molecular weight excluding hydrogens is 452 g/mol. The standard InChI is InChI=1S/C34H32N2O/c1-23-10-13-25(14-11-23)22-37-33-9-4-3-6-27(33)21-35-28-17-15-26(16-18-28)34-30-8-5-7-29(30)31-20-24(2)12-19-32(31)36-34/h3-7,9-21,29-30,34,36H,8,22H2,1-2H3/t29-,30+,34-/m0/s1. The quantitative estimate of drug-likeness (QED) is 0.220. The van der Waals surface area contributed by atoms with Gasteiger partial charge in [-0.25, -0.2) is 0 Å². The van der Waals surface area contributed by atoms with Crippen molar-refractivity contribution in [1.29, 1.82) is 0 Å². The van der Waals surface area contributed by atoms with Gasteiger partial charge < -0.3 is 10.1 Å². The molecule has 0 amide bonds. The average molecular weight is 485 g/mol. The van der Waals surface area contributed by atoms with Crippen LogP contribution in [0.25, 0.3) is 0 Å². The molecule has 37 heavy (non-hydrogen) atoms. The van der Waals surface area contributed by atoms with Crippen molar-refractivity contribution in [2.24, 2.45) is 10.9 Å². The first kappa shape index (κ1) is 23.3.